The van der Waals surface area contributed by atoms with Crippen LogP contribution in [0.5, 0.6) is 0 Å². The minimum Gasteiger partial charge on any atom is -0.309 e. The molecule has 0 radical (unpaired) electrons. The molecule has 0 spiro atoms. The first-order valence-electron chi connectivity index (χ1n) is 6.35. The molecular weight excluding hydrogens is 216 g/mol. The summed E-state index contributed by atoms with van der Waals surface area (Å²) in [6.45, 7) is 5.85. The summed E-state index contributed by atoms with van der Waals surface area (Å²) >= 11 is 1.86. The second-order valence-electron chi connectivity index (χ2n) is 5.86. The van der Waals surface area contributed by atoms with Gasteiger partial charge in [0.05, 0.1) is 16.7 Å². The average Bonchev–Trinajstić information content (AvgIpc) is 2.76. The third kappa shape index (κ3) is 1.91. The van der Waals surface area contributed by atoms with Crippen LogP contribution in [-0.4, -0.2) is 11.5 Å². The van der Waals surface area contributed by atoms with Gasteiger partial charge in [-0.2, -0.15) is 0 Å². The molecule has 1 aliphatic carbocycles. The molecule has 2 nitrogen and oxygen atoms in total. The van der Waals surface area contributed by atoms with E-state index in [0.29, 0.717) is 11.5 Å². The van der Waals surface area contributed by atoms with Crippen molar-refractivity contribution in [1.82, 2.24) is 10.3 Å². The topological polar surface area (TPSA) is 24.9 Å². The van der Waals surface area contributed by atoms with Crippen molar-refractivity contribution in [3.05, 3.63) is 16.1 Å². The van der Waals surface area contributed by atoms with Gasteiger partial charge in [0.15, 0.2) is 0 Å². The number of thiazole rings is 1. The lowest BCUT2D eigenvalue weighted by Gasteiger charge is -2.21. The normalized spacial score (nSPS) is 32.6. The SMILES string of the molecule is CC1(C)CC1c1nc(C2CCCCN2)cs1. The van der Waals surface area contributed by atoms with E-state index in [1.54, 1.807) is 0 Å². The number of hydrogen-bond donors (Lipinski definition) is 1. The van der Waals surface area contributed by atoms with Crippen LogP contribution in [-0.2, 0) is 0 Å². The highest BCUT2D eigenvalue weighted by atomic mass is 32.1. The van der Waals surface area contributed by atoms with Crippen molar-refractivity contribution in [2.75, 3.05) is 6.54 Å². The lowest BCUT2D eigenvalue weighted by molar-refractivity contribution is 0.406. The number of nitrogens with zero attached hydrogens (tertiary/aromatic N) is 1. The molecule has 1 saturated carbocycles. The molecule has 2 unspecified atom stereocenters. The molecule has 2 fully saturated rings. The van der Waals surface area contributed by atoms with Gasteiger partial charge >= 0.3 is 0 Å². The highest BCUT2D eigenvalue weighted by Crippen LogP contribution is 2.59. The summed E-state index contributed by atoms with van der Waals surface area (Å²) in [7, 11) is 0. The lowest BCUT2D eigenvalue weighted by Crippen LogP contribution is -2.26. The third-order valence-electron chi connectivity index (χ3n) is 4.02. The third-order valence-corrected chi connectivity index (χ3v) is 5.00. The van der Waals surface area contributed by atoms with Crippen LogP contribution in [0, 0.1) is 5.41 Å². The summed E-state index contributed by atoms with van der Waals surface area (Å²) in [5.74, 6) is 0.731. The van der Waals surface area contributed by atoms with Gasteiger partial charge in [0.2, 0.25) is 0 Å². The van der Waals surface area contributed by atoms with Gasteiger partial charge in [0.1, 0.15) is 0 Å². The zero-order chi connectivity index (χ0) is 11.2. The van der Waals surface area contributed by atoms with E-state index in [1.807, 2.05) is 11.3 Å². The van der Waals surface area contributed by atoms with E-state index in [2.05, 4.69) is 24.5 Å². The van der Waals surface area contributed by atoms with Crippen molar-refractivity contribution in [3.63, 3.8) is 0 Å². The van der Waals surface area contributed by atoms with Crippen LogP contribution in [0.15, 0.2) is 5.38 Å². The number of nitrogens with one attached hydrogen (secondary N) is 1. The largest absolute Gasteiger partial charge is 0.309 e. The molecule has 1 N–H and O–H groups in total. The molecule has 3 rings (SSSR count). The number of hydrogen-bond acceptors (Lipinski definition) is 3. The number of piperidine rings is 1. The molecule has 1 aliphatic heterocycles. The Hall–Kier alpha value is -0.410. The Balaban J connectivity index is 1.72. The maximum absolute atomic E-state index is 4.85. The Morgan fingerprint density at radius 3 is 2.88 bits per heavy atom. The van der Waals surface area contributed by atoms with Crippen molar-refractivity contribution >= 4 is 11.3 Å². The Morgan fingerprint density at radius 2 is 2.25 bits per heavy atom. The van der Waals surface area contributed by atoms with Gasteiger partial charge in [0.25, 0.3) is 0 Å². The Bertz CT molecular complexity index is 377. The van der Waals surface area contributed by atoms with Crippen LogP contribution in [0.4, 0.5) is 0 Å². The quantitative estimate of drug-likeness (QED) is 0.850. The second kappa shape index (κ2) is 3.81. The predicted molar refractivity (Wildman–Crippen MR) is 67.8 cm³/mol. The molecule has 1 saturated heterocycles. The Morgan fingerprint density at radius 1 is 1.44 bits per heavy atom. The maximum Gasteiger partial charge on any atom is 0.0965 e. The van der Waals surface area contributed by atoms with Crippen molar-refractivity contribution < 1.29 is 0 Å². The molecule has 0 bridgehead atoms. The molecule has 88 valence electrons. The van der Waals surface area contributed by atoms with Crippen LogP contribution in [0.2, 0.25) is 0 Å². The zero-order valence-corrected chi connectivity index (χ0v) is 10.9. The summed E-state index contributed by atoms with van der Waals surface area (Å²) in [6, 6.07) is 0.528. The molecule has 3 heteroatoms. The minimum atomic E-state index is 0.509. The summed E-state index contributed by atoms with van der Waals surface area (Å²) in [5, 5.41) is 7.21. The highest BCUT2D eigenvalue weighted by Gasteiger charge is 2.48. The fourth-order valence-corrected chi connectivity index (χ4v) is 3.80. The number of rotatable bonds is 2. The minimum absolute atomic E-state index is 0.509. The van der Waals surface area contributed by atoms with Gasteiger partial charge in [0, 0.05) is 11.3 Å². The fraction of sp³-hybridized carbons (Fsp3) is 0.769. The van der Waals surface area contributed by atoms with E-state index in [0.717, 1.165) is 12.5 Å². The molecule has 1 aromatic heterocycles. The molecular formula is C13H20N2S. The average molecular weight is 236 g/mol. The first-order chi connectivity index (χ1) is 7.67. The Labute approximate surface area is 101 Å². The molecule has 2 heterocycles. The van der Waals surface area contributed by atoms with E-state index >= 15 is 0 Å². The molecule has 1 aromatic rings. The van der Waals surface area contributed by atoms with Gasteiger partial charge in [-0.05, 0) is 31.2 Å². The fourth-order valence-electron chi connectivity index (χ4n) is 2.61. The molecule has 16 heavy (non-hydrogen) atoms. The van der Waals surface area contributed by atoms with Crippen molar-refractivity contribution in [1.29, 1.82) is 0 Å². The molecule has 0 aromatic carbocycles. The highest BCUT2D eigenvalue weighted by molar-refractivity contribution is 7.09. The zero-order valence-electron chi connectivity index (χ0n) is 10.1. The van der Waals surface area contributed by atoms with Crippen LogP contribution in [0.25, 0.3) is 0 Å². The molecule has 0 amide bonds. The monoisotopic (exact) mass is 236 g/mol. The summed E-state index contributed by atoms with van der Waals surface area (Å²) in [5.41, 5.74) is 1.80. The molecule has 2 atom stereocenters. The van der Waals surface area contributed by atoms with Gasteiger partial charge < -0.3 is 5.32 Å². The van der Waals surface area contributed by atoms with Crippen molar-refractivity contribution in [2.45, 2.75) is 51.5 Å². The van der Waals surface area contributed by atoms with E-state index in [9.17, 15) is 0 Å². The summed E-state index contributed by atoms with van der Waals surface area (Å²) in [4.78, 5) is 4.85. The maximum atomic E-state index is 4.85. The van der Waals surface area contributed by atoms with Crippen LogP contribution in [0.1, 0.15) is 62.2 Å². The molecule has 2 aliphatic rings. The lowest BCUT2D eigenvalue weighted by atomic mass is 10.0. The predicted octanol–water partition coefficient (Wildman–Crippen LogP) is 3.47. The van der Waals surface area contributed by atoms with Crippen LogP contribution < -0.4 is 5.32 Å². The van der Waals surface area contributed by atoms with E-state index < -0.39 is 0 Å². The van der Waals surface area contributed by atoms with Gasteiger partial charge in [-0.25, -0.2) is 4.98 Å². The van der Waals surface area contributed by atoms with Crippen LogP contribution >= 0.6 is 11.3 Å². The van der Waals surface area contributed by atoms with Gasteiger partial charge in [-0.3, -0.25) is 0 Å². The van der Waals surface area contributed by atoms with Crippen molar-refractivity contribution in [3.8, 4) is 0 Å². The van der Waals surface area contributed by atoms with E-state index in [1.165, 1.54) is 36.4 Å². The van der Waals surface area contributed by atoms with E-state index in [-0.39, 0.29) is 0 Å². The first kappa shape index (κ1) is 10.7. The van der Waals surface area contributed by atoms with Crippen molar-refractivity contribution in [2.24, 2.45) is 5.41 Å². The second-order valence-corrected chi connectivity index (χ2v) is 6.75. The summed E-state index contributed by atoms with van der Waals surface area (Å²) in [6.07, 6.45) is 5.25. The first-order valence-corrected chi connectivity index (χ1v) is 7.23. The van der Waals surface area contributed by atoms with Crippen LogP contribution in [0.3, 0.4) is 0 Å². The van der Waals surface area contributed by atoms with Gasteiger partial charge in [-0.15, -0.1) is 11.3 Å². The number of aromatic nitrogens is 1. The smallest absolute Gasteiger partial charge is 0.0965 e. The standard InChI is InChI=1S/C13H20N2S/c1-13(2)7-9(13)12-15-11(8-16-12)10-5-3-4-6-14-10/h8-10,14H,3-7H2,1-2H3. The Kier molecular flexibility index (Phi) is 2.55. The van der Waals surface area contributed by atoms with E-state index in [4.69, 9.17) is 4.98 Å². The summed E-state index contributed by atoms with van der Waals surface area (Å²) < 4.78 is 0. The van der Waals surface area contributed by atoms with Gasteiger partial charge in [-0.1, -0.05) is 20.3 Å².